The van der Waals surface area contributed by atoms with Crippen LogP contribution >= 0.6 is 0 Å². The second-order valence-corrected chi connectivity index (χ2v) is 8.69. The van der Waals surface area contributed by atoms with Gasteiger partial charge in [-0.05, 0) is 42.5 Å². The van der Waals surface area contributed by atoms with Crippen molar-refractivity contribution in [2.75, 3.05) is 5.75 Å². The number of aliphatic hydroxyl groups is 1. The zero-order chi connectivity index (χ0) is 20.4. The number of hydrogen-bond acceptors (Lipinski definition) is 6. The van der Waals surface area contributed by atoms with Gasteiger partial charge >= 0.3 is 0 Å². The van der Waals surface area contributed by atoms with Crippen molar-refractivity contribution in [1.82, 2.24) is 15.0 Å². The summed E-state index contributed by atoms with van der Waals surface area (Å²) in [6, 6.07) is 15.3. The van der Waals surface area contributed by atoms with Crippen molar-refractivity contribution in [2.24, 2.45) is 0 Å². The van der Waals surface area contributed by atoms with Gasteiger partial charge in [-0.1, -0.05) is 13.0 Å². The number of fused-ring (bicyclic) bond motifs is 1. The van der Waals surface area contributed by atoms with Crippen molar-refractivity contribution in [3.63, 3.8) is 0 Å². The molecule has 0 spiro atoms. The van der Waals surface area contributed by atoms with Crippen LogP contribution in [-0.4, -0.2) is 34.2 Å². The van der Waals surface area contributed by atoms with E-state index in [1.165, 1.54) is 12.1 Å². The fraction of sp³-hybridized carbons (Fsp3) is 0.143. The standard InChI is InChI=1S/C21H19N3O4S/c1-2-29(26,27)16-8-6-15(7-9-16)28-20-12-19-18(11-14(20)13-25)23-21(24-19)17-5-3-4-10-22-17/h3-12,25H,2,13H2,1H3,(H,23,24). The maximum atomic E-state index is 11.9. The second-order valence-electron chi connectivity index (χ2n) is 6.41. The molecule has 0 aliphatic carbocycles. The maximum absolute atomic E-state index is 11.9. The van der Waals surface area contributed by atoms with E-state index in [4.69, 9.17) is 4.74 Å². The number of aromatic nitrogens is 3. The molecule has 2 aromatic heterocycles. The van der Waals surface area contributed by atoms with Gasteiger partial charge in [0.25, 0.3) is 0 Å². The third-order valence-corrected chi connectivity index (χ3v) is 6.28. The smallest absolute Gasteiger partial charge is 0.178 e. The number of imidazole rings is 1. The van der Waals surface area contributed by atoms with Gasteiger partial charge in [0.2, 0.25) is 0 Å². The minimum atomic E-state index is -3.27. The van der Waals surface area contributed by atoms with Crippen molar-refractivity contribution in [2.45, 2.75) is 18.4 Å². The SMILES string of the molecule is CCS(=O)(=O)c1ccc(Oc2cc3nc(-c4ccccn4)[nH]c3cc2CO)cc1. The van der Waals surface area contributed by atoms with Crippen LogP contribution in [0.1, 0.15) is 12.5 Å². The molecule has 0 saturated carbocycles. The molecule has 8 heteroatoms. The molecule has 0 amide bonds. The van der Waals surface area contributed by atoms with Crippen molar-refractivity contribution in [3.8, 4) is 23.0 Å². The molecule has 29 heavy (non-hydrogen) atoms. The molecular weight excluding hydrogens is 390 g/mol. The fourth-order valence-electron chi connectivity index (χ4n) is 2.93. The number of rotatable bonds is 6. The summed E-state index contributed by atoms with van der Waals surface area (Å²) < 4.78 is 29.8. The van der Waals surface area contributed by atoms with Gasteiger partial charge in [-0.3, -0.25) is 4.98 Å². The van der Waals surface area contributed by atoms with Crippen LogP contribution in [0.25, 0.3) is 22.6 Å². The highest BCUT2D eigenvalue weighted by Gasteiger charge is 2.14. The topological polar surface area (TPSA) is 105 Å². The van der Waals surface area contributed by atoms with Crippen LogP contribution in [0.15, 0.2) is 65.7 Å². The van der Waals surface area contributed by atoms with Crippen LogP contribution in [0.2, 0.25) is 0 Å². The number of ether oxygens (including phenoxy) is 1. The number of hydrogen-bond donors (Lipinski definition) is 2. The van der Waals surface area contributed by atoms with Gasteiger partial charge in [0.1, 0.15) is 17.2 Å². The number of nitrogens with zero attached hydrogens (tertiary/aromatic N) is 2. The molecule has 2 N–H and O–H groups in total. The van der Waals surface area contributed by atoms with E-state index in [1.54, 1.807) is 37.4 Å². The number of sulfone groups is 1. The molecule has 7 nitrogen and oxygen atoms in total. The Kier molecular flexibility index (Phi) is 5.04. The monoisotopic (exact) mass is 409 g/mol. The van der Waals surface area contributed by atoms with Crippen molar-refractivity contribution >= 4 is 20.9 Å². The summed E-state index contributed by atoms with van der Waals surface area (Å²) in [6.45, 7) is 1.39. The van der Waals surface area contributed by atoms with Crippen LogP contribution in [0.3, 0.4) is 0 Å². The van der Waals surface area contributed by atoms with E-state index in [2.05, 4.69) is 15.0 Å². The second kappa shape index (κ2) is 7.65. The number of aromatic amines is 1. The lowest BCUT2D eigenvalue weighted by Gasteiger charge is -2.10. The number of nitrogens with one attached hydrogen (secondary N) is 1. The molecule has 2 aromatic carbocycles. The fourth-order valence-corrected chi connectivity index (χ4v) is 3.82. The molecule has 4 rings (SSSR count). The molecule has 0 saturated heterocycles. The van der Waals surface area contributed by atoms with Gasteiger partial charge in [0.15, 0.2) is 15.7 Å². The van der Waals surface area contributed by atoms with Crippen LogP contribution in [0.4, 0.5) is 0 Å². The zero-order valence-electron chi connectivity index (χ0n) is 15.7. The van der Waals surface area contributed by atoms with Crippen molar-refractivity contribution < 1.29 is 18.3 Å². The molecule has 0 fully saturated rings. The molecular formula is C21H19N3O4S. The Morgan fingerprint density at radius 1 is 1.10 bits per heavy atom. The predicted molar refractivity (Wildman–Crippen MR) is 109 cm³/mol. The first-order valence-electron chi connectivity index (χ1n) is 9.06. The first kappa shape index (κ1) is 19.1. The minimum absolute atomic E-state index is 0.0380. The highest BCUT2D eigenvalue weighted by Crippen LogP contribution is 2.31. The van der Waals surface area contributed by atoms with E-state index in [9.17, 15) is 13.5 Å². The lowest BCUT2D eigenvalue weighted by atomic mass is 10.2. The molecule has 0 bridgehead atoms. The highest BCUT2D eigenvalue weighted by atomic mass is 32.2. The predicted octanol–water partition coefficient (Wildman–Crippen LogP) is 3.70. The average Bonchev–Trinajstić information content (AvgIpc) is 3.17. The average molecular weight is 409 g/mol. The van der Waals surface area contributed by atoms with Gasteiger partial charge in [0, 0.05) is 17.8 Å². The minimum Gasteiger partial charge on any atom is -0.457 e. The number of benzene rings is 2. The van der Waals surface area contributed by atoms with Crippen molar-refractivity contribution in [3.05, 3.63) is 66.4 Å². The van der Waals surface area contributed by atoms with Gasteiger partial charge in [-0.25, -0.2) is 13.4 Å². The summed E-state index contributed by atoms with van der Waals surface area (Å²) >= 11 is 0. The summed E-state index contributed by atoms with van der Waals surface area (Å²) in [7, 11) is -3.27. The Labute approximate surface area is 168 Å². The first-order valence-corrected chi connectivity index (χ1v) is 10.7. The molecule has 0 aliphatic heterocycles. The Morgan fingerprint density at radius 3 is 2.55 bits per heavy atom. The summed E-state index contributed by atoms with van der Waals surface area (Å²) in [5, 5.41) is 9.76. The molecule has 0 unspecified atom stereocenters. The third kappa shape index (κ3) is 3.85. The van der Waals surface area contributed by atoms with Crippen molar-refractivity contribution in [1.29, 1.82) is 0 Å². The quantitative estimate of drug-likeness (QED) is 0.503. The lowest BCUT2D eigenvalue weighted by molar-refractivity contribution is 0.276. The number of pyridine rings is 1. The molecule has 2 heterocycles. The molecule has 0 aliphatic rings. The number of aliphatic hydroxyl groups excluding tert-OH is 1. The summed E-state index contributed by atoms with van der Waals surface area (Å²) in [4.78, 5) is 12.3. The zero-order valence-corrected chi connectivity index (χ0v) is 16.5. The van der Waals surface area contributed by atoms with Gasteiger partial charge in [-0.15, -0.1) is 0 Å². The molecule has 4 aromatic rings. The lowest BCUT2D eigenvalue weighted by Crippen LogP contribution is -2.03. The van der Waals surface area contributed by atoms with E-state index in [0.717, 1.165) is 5.52 Å². The summed E-state index contributed by atoms with van der Waals surface area (Å²) in [5.74, 6) is 1.58. The van der Waals surface area contributed by atoms with E-state index in [-0.39, 0.29) is 17.3 Å². The van der Waals surface area contributed by atoms with E-state index in [0.29, 0.717) is 34.1 Å². The molecule has 0 radical (unpaired) electrons. The molecule has 0 atom stereocenters. The molecule has 148 valence electrons. The van der Waals surface area contributed by atoms with E-state index in [1.807, 2.05) is 18.2 Å². The van der Waals surface area contributed by atoms with Crippen LogP contribution in [0, 0.1) is 0 Å². The summed E-state index contributed by atoms with van der Waals surface area (Å²) in [5.41, 5.74) is 2.72. The number of H-pyrrole nitrogens is 1. The first-order chi connectivity index (χ1) is 14.0. The Bertz CT molecular complexity index is 1250. The van der Waals surface area contributed by atoms with E-state index < -0.39 is 9.84 Å². The Morgan fingerprint density at radius 2 is 1.90 bits per heavy atom. The van der Waals surface area contributed by atoms with Crippen LogP contribution in [-0.2, 0) is 16.4 Å². The Hall–Kier alpha value is -3.23. The highest BCUT2D eigenvalue weighted by molar-refractivity contribution is 7.91. The van der Waals surface area contributed by atoms with Gasteiger partial charge in [0.05, 0.1) is 28.3 Å². The Balaban J connectivity index is 1.68. The van der Waals surface area contributed by atoms with Crippen LogP contribution < -0.4 is 4.74 Å². The maximum Gasteiger partial charge on any atom is 0.178 e. The largest absolute Gasteiger partial charge is 0.457 e. The van der Waals surface area contributed by atoms with Crippen LogP contribution in [0.5, 0.6) is 11.5 Å². The third-order valence-electron chi connectivity index (χ3n) is 4.53. The van der Waals surface area contributed by atoms with E-state index >= 15 is 0 Å². The van der Waals surface area contributed by atoms with Gasteiger partial charge in [-0.2, -0.15) is 0 Å². The normalized spacial score (nSPS) is 11.7. The van der Waals surface area contributed by atoms with Gasteiger partial charge < -0.3 is 14.8 Å². The summed E-state index contributed by atoms with van der Waals surface area (Å²) in [6.07, 6.45) is 1.69.